The fraction of sp³-hybridized carbons (Fsp3) is 0.333. The number of amides is 2. The van der Waals surface area contributed by atoms with Crippen LogP contribution < -0.4 is 5.32 Å². The monoisotopic (exact) mass is 236 g/mol. The first kappa shape index (κ1) is 13.0. The Labute approximate surface area is 100 Å². The highest BCUT2D eigenvalue weighted by Crippen LogP contribution is 2.11. The second-order valence-electron chi connectivity index (χ2n) is 3.73. The summed E-state index contributed by atoms with van der Waals surface area (Å²) in [6.45, 7) is 1.71. The molecule has 0 radical (unpaired) electrons. The average Bonchev–Trinajstić information content (AvgIpc) is 2.28. The fourth-order valence-corrected chi connectivity index (χ4v) is 1.36. The van der Waals surface area contributed by atoms with Gasteiger partial charge < -0.3 is 15.3 Å². The largest absolute Gasteiger partial charge is 0.480 e. The van der Waals surface area contributed by atoms with Crippen molar-refractivity contribution >= 4 is 17.7 Å². The number of nitrogens with one attached hydrogen (secondary N) is 1. The van der Waals surface area contributed by atoms with Crippen LogP contribution in [-0.2, 0) is 11.2 Å². The smallest absolute Gasteiger partial charge is 0.323 e. The summed E-state index contributed by atoms with van der Waals surface area (Å²) in [5.74, 6) is -1.04. The van der Waals surface area contributed by atoms with Crippen LogP contribution in [0.2, 0.25) is 0 Å². The third kappa shape index (κ3) is 4.14. The van der Waals surface area contributed by atoms with E-state index in [1.165, 1.54) is 7.05 Å². The van der Waals surface area contributed by atoms with Gasteiger partial charge in [-0.3, -0.25) is 4.79 Å². The lowest BCUT2D eigenvalue weighted by atomic mass is 10.1. The number of benzene rings is 1. The van der Waals surface area contributed by atoms with Crippen LogP contribution in [0.15, 0.2) is 24.3 Å². The molecule has 17 heavy (non-hydrogen) atoms. The number of anilines is 1. The number of hydrogen-bond acceptors (Lipinski definition) is 2. The Balaban J connectivity index is 2.64. The highest BCUT2D eigenvalue weighted by molar-refractivity contribution is 5.91. The van der Waals surface area contributed by atoms with Crippen molar-refractivity contribution in [3.8, 4) is 0 Å². The van der Waals surface area contributed by atoms with Crippen LogP contribution in [0.5, 0.6) is 0 Å². The molecule has 1 rings (SSSR count). The minimum atomic E-state index is -1.04. The van der Waals surface area contributed by atoms with Crippen molar-refractivity contribution in [2.45, 2.75) is 13.3 Å². The van der Waals surface area contributed by atoms with Crippen molar-refractivity contribution in [2.24, 2.45) is 0 Å². The number of nitrogens with zero attached hydrogens (tertiary/aromatic N) is 1. The Morgan fingerprint density at radius 1 is 1.41 bits per heavy atom. The molecule has 0 unspecified atom stereocenters. The summed E-state index contributed by atoms with van der Waals surface area (Å²) in [6, 6.07) is 7.03. The molecule has 0 fully saturated rings. The Morgan fingerprint density at radius 3 is 2.71 bits per heavy atom. The highest BCUT2D eigenvalue weighted by atomic mass is 16.4. The normalized spacial score (nSPS) is 9.76. The summed E-state index contributed by atoms with van der Waals surface area (Å²) in [5, 5.41) is 11.2. The molecule has 1 aromatic carbocycles. The van der Waals surface area contributed by atoms with Gasteiger partial charge in [0.2, 0.25) is 0 Å². The van der Waals surface area contributed by atoms with Gasteiger partial charge in [-0.1, -0.05) is 19.1 Å². The zero-order valence-electron chi connectivity index (χ0n) is 9.93. The zero-order chi connectivity index (χ0) is 12.8. The Hall–Kier alpha value is -2.04. The summed E-state index contributed by atoms with van der Waals surface area (Å²) in [6.07, 6.45) is 0.884. The number of carboxylic acid groups (broad SMARTS) is 1. The van der Waals surface area contributed by atoms with Gasteiger partial charge in [-0.15, -0.1) is 0 Å². The minimum Gasteiger partial charge on any atom is -0.480 e. The number of carbonyl (C=O) groups excluding carboxylic acids is 1. The Kier molecular flexibility index (Phi) is 4.51. The second-order valence-corrected chi connectivity index (χ2v) is 3.73. The van der Waals surface area contributed by atoms with Crippen molar-refractivity contribution in [3.05, 3.63) is 29.8 Å². The number of urea groups is 1. The van der Waals surface area contributed by atoms with E-state index >= 15 is 0 Å². The number of hydrogen-bond donors (Lipinski definition) is 2. The molecule has 2 N–H and O–H groups in total. The molecule has 2 amide bonds. The molecule has 92 valence electrons. The van der Waals surface area contributed by atoms with Gasteiger partial charge in [0.05, 0.1) is 0 Å². The third-order valence-electron chi connectivity index (χ3n) is 2.31. The summed E-state index contributed by atoms with van der Waals surface area (Å²) in [4.78, 5) is 23.2. The van der Waals surface area contributed by atoms with Crippen molar-refractivity contribution in [1.82, 2.24) is 4.90 Å². The van der Waals surface area contributed by atoms with Crippen LogP contribution in [0.1, 0.15) is 12.5 Å². The van der Waals surface area contributed by atoms with Gasteiger partial charge in [0, 0.05) is 12.7 Å². The predicted octanol–water partition coefficient (Wildman–Crippen LogP) is 1.80. The van der Waals surface area contributed by atoms with Gasteiger partial charge in [0.25, 0.3) is 0 Å². The molecule has 0 aromatic heterocycles. The van der Waals surface area contributed by atoms with E-state index in [1.54, 1.807) is 6.07 Å². The van der Waals surface area contributed by atoms with E-state index in [4.69, 9.17) is 5.11 Å². The molecule has 5 nitrogen and oxygen atoms in total. The van der Waals surface area contributed by atoms with E-state index in [-0.39, 0.29) is 6.54 Å². The molecule has 0 saturated heterocycles. The first-order valence-corrected chi connectivity index (χ1v) is 5.35. The van der Waals surface area contributed by atoms with E-state index in [9.17, 15) is 9.59 Å². The maximum atomic E-state index is 11.6. The average molecular weight is 236 g/mol. The molecule has 1 aromatic rings. The molecular formula is C12H16N2O3. The lowest BCUT2D eigenvalue weighted by Gasteiger charge is -2.15. The van der Waals surface area contributed by atoms with Crippen molar-refractivity contribution in [3.63, 3.8) is 0 Å². The van der Waals surface area contributed by atoms with Gasteiger partial charge in [0.15, 0.2) is 0 Å². The van der Waals surface area contributed by atoms with Crippen LogP contribution in [0, 0.1) is 0 Å². The van der Waals surface area contributed by atoms with Crippen molar-refractivity contribution in [2.75, 3.05) is 18.9 Å². The molecule has 0 atom stereocenters. The van der Waals surface area contributed by atoms with Gasteiger partial charge in [0.1, 0.15) is 6.54 Å². The first-order chi connectivity index (χ1) is 8.02. The number of likely N-dealkylation sites (N-methyl/N-ethyl adjacent to an activating group) is 1. The van der Waals surface area contributed by atoms with Crippen molar-refractivity contribution in [1.29, 1.82) is 0 Å². The number of carboxylic acids is 1. The standard InChI is InChI=1S/C12H16N2O3/c1-3-9-5-4-6-10(7-9)13-12(17)14(2)8-11(15)16/h4-7H,3,8H2,1-2H3,(H,13,17)(H,15,16). The topological polar surface area (TPSA) is 69.6 Å². The quantitative estimate of drug-likeness (QED) is 0.837. The van der Waals surface area contributed by atoms with E-state index < -0.39 is 12.0 Å². The molecule has 0 spiro atoms. The van der Waals surface area contributed by atoms with Crippen LogP contribution >= 0.6 is 0 Å². The van der Waals surface area contributed by atoms with E-state index in [0.717, 1.165) is 16.9 Å². The molecular weight excluding hydrogens is 220 g/mol. The Bertz CT molecular complexity index is 418. The van der Waals surface area contributed by atoms with Gasteiger partial charge in [-0.2, -0.15) is 0 Å². The molecule has 0 aliphatic carbocycles. The van der Waals surface area contributed by atoms with Crippen molar-refractivity contribution < 1.29 is 14.7 Å². The number of aliphatic carboxylic acids is 1. The van der Waals surface area contributed by atoms with Crippen LogP contribution in [0.4, 0.5) is 10.5 Å². The molecule has 0 saturated carbocycles. The lowest BCUT2D eigenvalue weighted by Crippen LogP contribution is -2.35. The molecule has 0 heterocycles. The fourth-order valence-electron chi connectivity index (χ4n) is 1.36. The van der Waals surface area contributed by atoms with E-state index in [1.807, 2.05) is 25.1 Å². The zero-order valence-corrected chi connectivity index (χ0v) is 9.93. The Morgan fingerprint density at radius 2 is 2.12 bits per heavy atom. The lowest BCUT2D eigenvalue weighted by molar-refractivity contribution is -0.137. The first-order valence-electron chi connectivity index (χ1n) is 5.35. The van der Waals surface area contributed by atoms with Crippen LogP contribution in [0.25, 0.3) is 0 Å². The van der Waals surface area contributed by atoms with Crippen LogP contribution in [-0.4, -0.2) is 35.6 Å². The number of rotatable bonds is 4. The number of carbonyl (C=O) groups is 2. The molecule has 5 heteroatoms. The SMILES string of the molecule is CCc1cccc(NC(=O)N(C)CC(=O)O)c1. The molecule has 0 aliphatic heterocycles. The van der Waals surface area contributed by atoms with Crippen LogP contribution in [0.3, 0.4) is 0 Å². The summed E-state index contributed by atoms with van der Waals surface area (Å²) in [5.41, 5.74) is 1.79. The highest BCUT2D eigenvalue weighted by Gasteiger charge is 2.11. The maximum absolute atomic E-state index is 11.6. The number of aryl methyl sites for hydroxylation is 1. The van der Waals surface area contributed by atoms with Gasteiger partial charge in [-0.05, 0) is 24.1 Å². The molecule has 0 aliphatic rings. The predicted molar refractivity (Wildman–Crippen MR) is 65.1 cm³/mol. The third-order valence-corrected chi connectivity index (χ3v) is 2.31. The van der Waals surface area contributed by atoms with Gasteiger partial charge >= 0.3 is 12.0 Å². The molecule has 0 bridgehead atoms. The minimum absolute atomic E-state index is 0.320. The summed E-state index contributed by atoms with van der Waals surface area (Å²) < 4.78 is 0. The van der Waals surface area contributed by atoms with E-state index in [2.05, 4.69) is 5.32 Å². The van der Waals surface area contributed by atoms with E-state index in [0.29, 0.717) is 5.69 Å². The van der Waals surface area contributed by atoms with Gasteiger partial charge in [-0.25, -0.2) is 4.79 Å². The summed E-state index contributed by atoms with van der Waals surface area (Å²) >= 11 is 0. The summed E-state index contributed by atoms with van der Waals surface area (Å²) in [7, 11) is 1.44. The second kappa shape index (κ2) is 5.89. The maximum Gasteiger partial charge on any atom is 0.323 e.